The van der Waals surface area contributed by atoms with E-state index in [0.29, 0.717) is 28.5 Å². The summed E-state index contributed by atoms with van der Waals surface area (Å²) in [6.45, 7) is 0. The highest BCUT2D eigenvalue weighted by atomic mass is 32.1. The fraction of sp³-hybridized carbons (Fsp3) is 0.286. The Bertz CT molecular complexity index is 1110. The molecule has 7 heteroatoms. The van der Waals surface area contributed by atoms with Crippen molar-refractivity contribution in [2.24, 2.45) is 0 Å². The molecule has 0 radical (unpaired) electrons. The highest BCUT2D eigenvalue weighted by molar-refractivity contribution is 7.13. The molecule has 1 aliphatic rings. The Morgan fingerprint density at radius 3 is 2.79 bits per heavy atom. The number of hydrogen-bond donors (Lipinski definition) is 1. The average Bonchev–Trinajstić information content (AvgIpc) is 3.47. The minimum Gasteiger partial charge on any atom is -0.462 e. The van der Waals surface area contributed by atoms with Gasteiger partial charge in [-0.15, -0.1) is 11.3 Å². The van der Waals surface area contributed by atoms with E-state index >= 15 is 0 Å². The highest BCUT2D eigenvalue weighted by Gasteiger charge is 2.23. The number of nitrogens with zero attached hydrogens (tertiary/aromatic N) is 3. The van der Waals surface area contributed by atoms with Gasteiger partial charge >= 0.3 is 0 Å². The zero-order valence-electron chi connectivity index (χ0n) is 15.3. The van der Waals surface area contributed by atoms with Crippen LogP contribution in [0.5, 0.6) is 0 Å². The second-order valence-corrected chi connectivity index (χ2v) is 7.91. The molecular weight excluding hydrogens is 372 g/mol. The van der Waals surface area contributed by atoms with Gasteiger partial charge in [-0.1, -0.05) is 31.4 Å². The van der Waals surface area contributed by atoms with E-state index in [1.807, 2.05) is 30.3 Å². The first kappa shape index (κ1) is 17.2. The van der Waals surface area contributed by atoms with Gasteiger partial charge in [0, 0.05) is 11.4 Å². The number of anilines is 1. The van der Waals surface area contributed by atoms with Gasteiger partial charge in [0.25, 0.3) is 5.91 Å². The number of carbonyl (C=O) groups is 1. The molecule has 3 aromatic heterocycles. The van der Waals surface area contributed by atoms with Gasteiger partial charge in [-0.3, -0.25) is 10.1 Å². The van der Waals surface area contributed by atoms with E-state index in [9.17, 15) is 4.79 Å². The minimum absolute atomic E-state index is 0.249. The number of amides is 1. The Hall–Kier alpha value is -2.93. The topological polar surface area (TPSA) is 73.0 Å². The first-order valence-electron chi connectivity index (χ1n) is 9.57. The van der Waals surface area contributed by atoms with Crippen LogP contribution in [-0.4, -0.2) is 20.4 Å². The normalized spacial score (nSPS) is 15.1. The molecule has 3 heterocycles. The molecule has 1 aliphatic carbocycles. The Morgan fingerprint density at radius 2 is 1.96 bits per heavy atom. The van der Waals surface area contributed by atoms with Crippen LogP contribution in [0.15, 0.2) is 52.5 Å². The lowest BCUT2D eigenvalue weighted by molar-refractivity contribution is 0.102. The van der Waals surface area contributed by atoms with Crippen LogP contribution in [0, 0.1) is 0 Å². The first-order valence-corrected chi connectivity index (χ1v) is 10.5. The smallest absolute Gasteiger partial charge is 0.277 e. The van der Waals surface area contributed by atoms with E-state index in [0.717, 1.165) is 23.9 Å². The number of aromatic nitrogens is 3. The van der Waals surface area contributed by atoms with Crippen molar-refractivity contribution in [1.29, 1.82) is 0 Å². The van der Waals surface area contributed by atoms with E-state index in [1.54, 1.807) is 11.6 Å². The Labute approximate surface area is 166 Å². The monoisotopic (exact) mass is 392 g/mol. The van der Waals surface area contributed by atoms with E-state index in [4.69, 9.17) is 9.40 Å². The summed E-state index contributed by atoms with van der Waals surface area (Å²) in [5.41, 5.74) is 2.34. The number of rotatable bonds is 4. The number of furan rings is 1. The van der Waals surface area contributed by atoms with Crippen LogP contribution in [-0.2, 0) is 0 Å². The quantitative estimate of drug-likeness (QED) is 0.497. The number of benzene rings is 1. The molecule has 1 aromatic carbocycles. The molecule has 1 amide bonds. The van der Waals surface area contributed by atoms with Crippen LogP contribution >= 0.6 is 11.3 Å². The molecule has 0 aliphatic heterocycles. The lowest BCUT2D eigenvalue weighted by Crippen LogP contribution is -2.20. The van der Waals surface area contributed by atoms with Crippen LogP contribution in [0.4, 0.5) is 5.95 Å². The van der Waals surface area contributed by atoms with Gasteiger partial charge in [0.05, 0.1) is 17.3 Å². The van der Waals surface area contributed by atoms with Crippen molar-refractivity contribution in [3.63, 3.8) is 0 Å². The Balaban J connectivity index is 1.47. The van der Waals surface area contributed by atoms with Crippen LogP contribution in [0.25, 0.3) is 21.8 Å². The molecule has 5 rings (SSSR count). The van der Waals surface area contributed by atoms with E-state index in [2.05, 4.69) is 20.9 Å². The number of nitrogens with one attached hydrogen (secondary N) is 1. The summed E-state index contributed by atoms with van der Waals surface area (Å²) in [5, 5.41) is 5.44. The van der Waals surface area contributed by atoms with Gasteiger partial charge in [-0.2, -0.15) is 0 Å². The predicted molar refractivity (Wildman–Crippen MR) is 110 cm³/mol. The molecule has 1 N–H and O–H groups in total. The summed E-state index contributed by atoms with van der Waals surface area (Å²) in [4.78, 5) is 22.0. The van der Waals surface area contributed by atoms with Crippen molar-refractivity contribution in [3.8, 4) is 10.8 Å². The molecule has 1 fully saturated rings. The third-order valence-corrected chi connectivity index (χ3v) is 6.09. The molecule has 0 saturated heterocycles. The van der Waals surface area contributed by atoms with Crippen LogP contribution in [0.3, 0.4) is 0 Å². The largest absolute Gasteiger partial charge is 0.462 e. The van der Waals surface area contributed by atoms with Gasteiger partial charge < -0.3 is 8.98 Å². The lowest BCUT2D eigenvalue weighted by Gasteiger charge is -2.25. The summed E-state index contributed by atoms with van der Waals surface area (Å²) < 4.78 is 7.57. The minimum atomic E-state index is -0.249. The van der Waals surface area contributed by atoms with Crippen LogP contribution in [0.2, 0.25) is 0 Å². The van der Waals surface area contributed by atoms with Crippen molar-refractivity contribution in [1.82, 2.24) is 14.5 Å². The van der Waals surface area contributed by atoms with E-state index in [-0.39, 0.29) is 5.91 Å². The zero-order chi connectivity index (χ0) is 18.9. The highest BCUT2D eigenvalue weighted by Crippen LogP contribution is 2.34. The number of thiazole rings is 1. The van der Waals surface area contributed by atoms with Crippen molar-refractivity contribution < 1.29 is 9.21 Å². The van der Waals surface area contributed by atoms with Crippen molar-refractivity contribution in [3.05, 3.63) is 53.7 Å². The maximum Gasteiger partial charge on any atom is 0.277 e. The van der Waals surface area contributed by atoms with Crippen LogP contribution in [0.1, 0.15) is 48.6 Å². The lowest BCUT2D eigenvalue weighted by atomic mass is 9.95. The van der Waals surface area contributed by atoms with E-state index < -0.39 is 0 Å². The third kappa shape index (κ3) is 3.11. The second kappa shape index (κ2) is 7.24. The molecule has 1 saturated carbocycles. The number of hydrogen-bond acceptors (Lipinski definition) is 5. The molecular formula is C21H20N4O2S. The molecule has 4 aromatic rings. The third-order valence-electron chi connectivity index (χ3n) is 5.23. The maximum atomic E-state index is 12.9. The molecule has 6 nitrogen and oxygen atoms in total. The fourth-order valence-corrected chi connectivity index (χ4v) is 4.66. The van der Waals surface area contributed by atoms with Gasteiger partial charge in [0.2, 0.25) is 5.95 Å². The summed E-state index contributed by atoms with van der Waals surface area (Å²) in [5.74, 6) is 1.02. The number of imidazole rings is 1. The van der Waals surface area contributed by atoms with Gasteiger partial charge in [0.15, 0.2) is 10.8 Å². The van der Waals surface area contributed by atoms with Crippen molar-refractivity contribution in [2.45, 2.75) is 38.1 Å². The van der Waals surface area contributed by atoms with Crippen molar-refractivity contribution in [2.75, 3.05) is 5.32 Å². The Morgan fingerprint density at radius 1 is 1.11 bits per heavy atom. The van der Waals surface area contributed by atoms with Crippen LogP contribution < -0.4 is 5.32 Å². The Kier molecular flexibility index (Phi) is 4.44. The first-order chi connectivity index (χ1) is 13.8. The second-order valence-electron chi connectivity index (χ2n) is 7.06. The van der Waals surface area contributed by atoms with Gasteiger partial charge in [-0.05, 0) is 37.1 Å². The van der Waals surface area contributed by atoms with Gasteiger partial charge in [0.1, 0.15) is 5.69 Å². The average molecular weight is 392 g/mol. The van der Waals surface area contributed by atoms with Gasteiger partial charge in [-0.25, -0.2) is 9.97 Å². The number of para-hydroxylation sites is 2. The number of carbonyl (C=O) groups excluding carboxylic acids is 1. The summed E-state index contributed by atoms with van der Waals surface area (Å²) in [6, 6.07) is 12.1. The summed E-state index contributed by atoms with van der Waals surface area (Å²) in [6.07, 6.45) is 7.53. The molecule has 0 unspecified atom stereocenters. The predicted octanol–water partition coefficient (Wildman–Crippen LogP) is 5.51. The summed E-state index contributed by atoms with van der Waals surface area (Å²) >= 11 is 1.39. The molecule has 142 valence electrons. The summed E-state index contributed by atoms with van der Waals surface area (Å²) in [7, 11) is 0. The molecule has 0 bridgehead atoms. The maximum absolute atomic E-state index is 12.9. The standard InChI is InChI=1S/C21H20N4O2S/c26-19(16-13-28-20(22-16)18-11-6-12-27-18)24-21-23-15-9-4-5-10-17(15)25(21)14-7-2-1-3-8-14/h4-6,9-14H,1-3,7-8H2,(H,23,24,26). The SMILES string of the molecule is O=C(Nc1nc2ccccc2n1C1CCCCC1)c1csc(-c2ccco2)n1. The van der Waals surface area contributed by atoms with E-state index in [1.165, 1.54) is 30.6 Å². The molecule has 28 heavy (non-hydrogen) atoms. The zero-order valence-corrected chi connectivity index (χ0v) is 16.1. The molecule has 0 spiro atoms. The van der Waals surface area contributed by atoms with Crippen molar-refractivity contribution >= 4 is 34.2 Å². The number of fused-ring (bicyclic) bond motifs is 1. The fourth-order valence-electron chi connectivity index (χ4n) is 3.90. The molecule has 0 atom stereocenters.